The molecule has 0 aliphatic carbocycles. The molecule has 1 aromatic rings. The molecule has 8 nitrogen and oxygen atoms in total. The van der Waals surface area contributed by atoms with E-state index >= 15 is 0 Å². The minimum absolute atomic E-state index is 0.146. The minimum atomic E-state index is -1.06. The summed E-state index contributed by atoms with van der Waals surface area (Å²) in [6, 6.07) is 4.77. The predicted octanol–water partition coefficient (Wildman–Crippen LogP) is -0.663. The third-order valence-corrected chi connectivity index (χ3v) is 2.86. The summed E-state index contributed by atoms with van der Waals surface area (Å²) in [7, 11) is 1.26. The summed E-state index contributed by atoms with van der Waals surface area (Å²) in [5.74, 6) is 0.0158. The molecular weight excluding hydrogens is 320 g/mol. The van der Waals surface area contributed by atoms with Crippen LogP contribution in [-0.4, -0.2) is 72.1 Å². The van der Waals surface area contributed by atoms with Crippen molar-refractivity contribution < 1.29 is 39.4 Å². The zero-order valence-electron chi connectivity index (χ0n) is 13.3. The van der Waals surface area contributed by atoms with Crippen molar-refractivity contribution in [2.45, 2.75) is 12.2 Å². The standard InChI is InChI=1S/C16H22O8/c1-22-16(21)5-3-11-2-4-14(23-9-12(19)7-17)15(6-11)24-10-13(20)8-18/h2-6,12-13,17-20H,7-10H2,1H3. The van der Waals surface area contributed by atoms with Gasteiger partial charge in [-0.15, -0.1) is 0 Å². The third-order valence-electron chi connectivity index (χ3n) is 2.86. The van der Waals surface area contributed by atoms with Gasteiger partial charge >= 0.3 is 5.97 Å². The lowest BCUT2D eigenvalue weighted by molar-refractivity contribution is -0.134. The SMILES string of the molecule is COC(=O)C=Cc1ccc(OCC(O)CO)c(OCC(O)CO)c1. The first-order valence-corrected chi connectivity index (χ1v) is 7.23. The van der Waals surface area contributed by atoms with Gasteiger partial charge in [0.25, 0.3) is 0 Å². The van der Waals surface area contributed by atoms with Gasteiger partial charge in [-0.1, -0.05) is 6.07 Å². The number of hydrogen-bond donors (Lipinski definition) is 4. The normalized spacial score (nSPS) is 13.5. The first-order chi connectivity index (χ1) is 11.5. The van der Waals surface area contributed by atoms with Crippen molar-refractivity contribution in [2.75, 3.05) is 33.5 Å². The van der Waals surface area contributed by atoms with Crippen LogP contribution in [0.25, 0.3) is 6.08 Å². The maximum atomic E-state index is 11.1. The van der Waals surface area contributed by atoms with E-state index in [1.165, 1.54) is 19.3 Å². The van der Waals surface area contributed by atoms with E-state index in [9.17, 15) is 15.0 Å². The fourth-order valence-corrected chi connectivity index (χ4v) is 1.57. The summed E-state index contributed by atoms with van der Waals surface area (Å²) in [6.45, 7) is -1.22. The van der Waals surface area contributed by atoms with E-state index in [4.69, 9.17) is 19.7 Å². The lowest BCUT2D eigenvalue weighted by Crippen LogP contribution is -2.23. The second-order valence-corrected chi connectivity index (χ2v) is 4.86. The summed E-state index contributed by atoms with van der Waals surface area (Å²) in [6.07, 6.45) is 0.639. The van der Waals surface area contributed by atoms with E-state index in [1.807, 2.05) is 0 Å². The van der Waals surface area contributed by atoms with Gasteiger partial charge in [-0.25, -0.2) is 4.79 Å². The Bertz CT molecular complexity index is 543. The summed E-state index contributed by atoms with van der Waals surface area (Å²) < 4.78 is 15.3. The molecule has 2 unspecified atom stereocenters. The number of carbonyl (C=O) groups excluding carboxylic acids is 1. The maximum Gasteiger partial charge on any atom is 0.330 e. The highest BCUT2D eigenvalue weighted by Gasteiger charge is 2.11. The van der Waals surface area contributed by atoms with Crippen LogP contribution >= 0.6 is 0 Å². The van der Waals surface area contributed by atoms with Gasteiger partial charge in [0.15, 0.2) is 11.5 Å². The molecule has 0 amide bonds. The van der Waals surface area contributed by atoms with Gasteiger partial charge in [-0.2, -0.15) is 0 Å². The first-order valence-electron chi connectivity index (χ1n) is 7.23. The van der Waals surface area contributed by atoms with Crippen LogP contribution in [0.3, 0.4) is 0 Å². The van der Waals surface area contributed by atoms with Crippen molar-refractivity contribution in [1.29, 1.82) is 0 Å². The number of aliphatic hydroxyl groups excluding tert-OH is 4. The number of esters is 1. The van der Waals surface area contributed by atoms with Gasteiger partial charge < -0.3 is 34.6 Å². The molecule has 0 bridgehead atoms. The Balaban J connectivity index is 2.91. The Labute approximate surface area is 139 Å². The van der Waals surface area contributed by atoms with Gasteiger partial charge in [-0.05, 0) is 23.8 Å². The molecule has 134 valence electrons. The molecule has 24 heavy (non-hydrogen) atoms. The van der Waals surface area contributed by atoms with Crippen LogP contribution in [0.15, 0.2) is 24.3 Å². The van der Waals surface area contributed by atoms with Crippen LogP contribution < -0.4 is 9.47 Å². The van der Waals surface area contributed by atoms with Crippen molar-refractivity contribution in [1.82, 2.24) is 0 Å². The van der Waals surface area contributed by atoms with Crippen LogP contribution in [0.4, 0.5) is 0 Å². The molecule has 0 aliphatic heterocycles. The second kappa shape index (κ2) is 10.6. The smallest absolute Gasteiger partial charge is 0.330 e. The quantitative estimate of drug-likeness (QED) is 0.326. The molecule has 0 heterocycles. The maximum absolute atomic E-state index is 11.1. The summed E-state index contributed by atoms with van der Waals surface area (Å²) >= 11 is 0. The highest BCUT2D eigenvalue weighted by molar-refractivity contribution is 5.87. The Kier molecular flexibility index (Phi) is 8.80. The van der Waals surface area contributed by atoms with Crippen LogP contribution in [0.1, 0.15) is 5.56 Å². The van der Waals surface area contributed by atoms with Crippen LogP contribution in [-0.2, 0) is 9.53 Å². The van der Waals surface area contributed by atoms with Crippen molar-refractivity contribution in [2.24, 2.45) is 0 Å². The molecule has 1 rings (SSSR count). The lowest BCUT2D eigenvalue weighted by atomic mass is 10.2. The Morgan fingerprint density at radius 1 is 1.08 bits per heavy atom. The topological polar surface area (TPSA) is 126 Å². The Morgan fingerprint density at radius 3 is 2.21 bits per heavy atom. The number of ether oxygens (including phenoxy) is 3. The molecule has 0 fully saturated rings. The predicted molar refractivity (Wildman–Crippen MR) is 84.7 cm³/mol. The largest absolute Gasteiger partial charge is 0.487 e. The fourth-order valence-electron chi connectivity index (χ4n) is 1.57. The average molecular weight is 342 g/mol. The molecule has 1 aromatic carbocycles. The molecule has 8 heteroatoms. The van der Waals surface area contributed by atoms with Crippen molar-refractivity contribution in [3.63, 3.8) is 0 Å². The number of aliphatic hydroxyl groups is 4. The highest BCUT2D eigenvalue weighted by Crippen LogP contribution is 2.29. The zero-order valence-corrected chi connectivity index (χ0v) is 13.3. The van der Waals surface area contributed by atoms with Crippen molar-refractivity contribution in [3.8, 4) is 11.5 Å². The summed E-state index contributed by atoms with van der Waals surface area (Å²) in [5.41, 5.74) is 0.615. The van der Waals surface area contributed by atoms with E-state index in [-0.39, 0.29) is 24.7 Å². The molecule has 0 saturated heterocycles. The van der Waals surface area contributed by atoms with Gasteiger partial charge in [0, 0.05) is 6.08 Å². The number of rotatable bonds is 10. The van der Waals surface area contributed by atoms with Crippen LogP contribution in [0.2, 0.25) is 0 Å². The van der Waals surface area contributed by atoms with E-state index < -0.39 is 31.4 Å². The lowest BCUT2D eigenvalue weighted by Gasteiger charge is -2.16. The van der Waals surface area contributed by atoms with Crippen molar-refractivity contribution >= 4 is 12.0 Å². The molecule has 0 aromatic heterocycles. The Morgan fingerprint density at radius 2 is 1.67 bits per heavy atom. The molecule has 0 saturated carbocycles. The second-order valence-electron chi connectivity index (χ2n) is 4.86. The van der Waals surface area contributed by atoms with Crippen molar-refractivity contribution in [3.05, 3.63) is 29.8 Å². The highest BCUT2D eigenvalue weighted by atomic mass is 16.5. The monoisotopic (exact) mass is 342 g/mol. The third kappa shape index (κ3) is 6.97. The van der Waals surface area contributed by atoms with E-state index in [1.54, 1.807) is 18.2 Å². The first kappa shape index (κ1) is 19.9. The van der Waals surface area contributed by atoms with Gasteiger partial charge in [0.05, 0.1) is 20.3 Å². The molecule has 4 N–H and O–H groups in total. The van der Waals surface area contributed by atoms with E-state index in [0.717, 1.165) is 0 Å². The van der Waals surface area contributed by atoms with E-state index in [0.29, 0.717) is 5.56 Å². The number of methoxy groups -OCH3 is 1. The molecule has 2 atom stereocenters. The number of hydrogen-bond acceptors (Lipinski definition) is 8. The van der Waals surface area contributed by atoms with Crippen LogP contribution in [0, 0.1) is 0 Å². The number of benzene rings is 1. The molecule has 0 spiro atoms. The molecule has 0 radical (unpaired) electrons. The molecular formula is C16H22O8. The summed E-state index contributed by atoms with van der Waals surface area (Å²) in [4.78, 5) is 11.1. The van der Waals surface area contributed by atoms with Gasteiger partial charge in [-0.3, -0.25) is 0 Å². The number of carbonyl (C=O) groups is 1. The van der Waals surface area contributed by atoms with Gasteiger partial charge in [0.1, 0.15) is 25.4 Å². The fraction of sp³-hybridized carbons (Fsp3) is 0.438. The average Bonchev–Trinajstić information content (AvgIpc) is 2.62. The Hall–Kier alpha value is -2.13. The molecule has 0 aliphatic rings. The van der Waals surface area contributed by atoms with E-state index in [2.05, 4.69) is 4.74 Å². The van der Waals surface area contributed by atoms with Gasteiger partial charge in [0.2, 0.25) is 0 Å². The minimum Gasteiger partial charge on any atom is -0.487 e. The zero-order chi connectivity index (χ0) is 17.9. The van der Waals surface area contributed by atoms with Crippen LogP contribution in [0.5, 0.6) is 11.5 Å². The summed E-state index contributed by atoms with van der Waals surface area (Å²) in [5, 5.41) is 36.4.